The fraction of sp³-hybridized carbons (Fsp3) is 0.409. The lowest BCUT2D eigenvalue weighted by molar-refractivity contribution is -0.0255. The van der Waals surface area contributed by atoms with Gasteiger partial charge in [-0.25, -0.2) is 0 Å². The Morgan fingerprint density at radius 3 is 2.30 bits per heavy atom. The van der Waals surface area contributed by atoms with E-state index in [1.54, 1.807) is 0 Å². The molecule has 1 aliphatic heterocycles. The van der Waals surface area contributed by atoms with Gasteiger partial charge in [0.1, 0.15) is 0 Å². The minimum Gasteiger partial charge on any atom is -0.385 e. The topological polar surface area (TPSA) is 52.6 Å². The van der Waals surface area contributed by atoms with E-state index in [2.05, 4.69) is 10.2 Å². The second-order valence-electron chi connectivity index (χ2n) is 7.40. The van der Waals surface area contributed by atoms with Crippen LogP contribution in [0.4, 0.5) is 0 Å². The van der Waals surface area contributed by atoms with Gasteiger partial charge >= 0.3 is 0 Å². The number of carbonyl (C=O) groups excluding carboxylic acids is 1. The number of carbonyl (C=O) groups is 1. The summed E-state index contributed by atoms with van der Waals surface area (Å²) in [6.07, 6.45) is 1.36. The van der Waals surface area contributed by atoms with Crippen LogP contribution < -0.4 is 5.32 Å². The molecule has 27 heavy (non-hydrogen) atoms. The molecule has 3 rings (SSSR count). The highest BCUT2D eigenvalue weighted by Crippen LogP contribution is 2.33. The first-order valence-electron chi connectivity index (χ1n) is 9.44. The molecule has 144 valence electrons. The van der Waals surface area contributed by atoms with Gasteiger partial charge in [-0.2, -0.15) is 0 Å². The molecule has 0 bridgehead atoms. The maximum Gasteiger partial charge on any atom is 0.251 e. The molecule has 2 aromatic rings. The molecule has 0 spiro atoms. The third kappa shape index (κ3) is 4.70. The van der Waals surface area contributed by atoms with Crippen molar-refractivity contribution in [3.05, 3.63) is 69.7 Å². The van der Waals surface area contributed by atoms with E-state index in [1.807, 2.05) is 56.3 Å². The fourth-order valence-electron chi connectivity index (χ4n) is 3.78. The average molecular weight is 387 g/mol. The van der Waals surface area contributed by atoms with E-state index in [4.69, 9.17) is 11.6 Å². The smallest absolute Gasteiger partial charge is 0.251 e. The Kier molecular flexibility index (Phi) is 6.20. The van der Waals surface area contributed by atoms with Gasteiger partial charge in [0, 0.05) is 36.8 Å². The second-order valence-corrected chi connectivity index (χ2v) is 7.84. The fourth-order valence-corrected chi connectivity index (χ4v) is 3.91. The summed E-state index contributed by atoms with van der Waals surface area (Å²) in [5.74, 6) is -0.0136. The second kappa shape index (κ2) is 8.42. The summed E-state index contributed by atoms with van der Waals surface area (Å²) < 4.78 is 0. The largest absolute Gasteiger partial charge is 0.385 e. The molecule has 0 saturated carbocycles. The van der Waals surface area contributed by atoms with Gasteiger partial charge in [0.15, 0.2) is 0 Å². The van der Waals surface area contributed by atoms with Crippen LogP contribution in [0.15, 0.2) is 42.5 Å². The van der Waals surface area contributed by atoms with E-state index in [0.717, 1.165) is 41.9 Å². The highest BCUT2D eigenvalue weighted by atomic mass is 35.5. The summed E-state index contributed by atoms with van der Waals surface area (Å²) in [4.78, 5) is 14.8. The molecule has 0 unspecified atom stereocenters. The van der Waals surface area contributed by atoms with Crippen LogP contribution in [-0.4, -0.2) is 42.1 Å². The van der Waals surface area contributed by atoms with Crippen LogP contribution >= 0.6 is 11.6 Å². The van der Waals surface area contributed by atoms with Gasteiger partial charge < -0.3 is 15.3 Å². The first-order valence-corrected chi connectivity index (χ1v) is 9.82. The molecule has 1 aliphatic rings. The van der Waals surface area contributed by atoms with Gasteiger partial charge in [-0.05, 0) is 55.5 Å². The molecule has 2 N–H and O–H groups in total. The van der Waals surface area contributed by atoms with Gasteiger partial charge in [0.2, 0.25) is 0 Å². The molecule has 1 heterocycles. The predicted molar refractivity (Wildman–Crippen MR) is 109 cm³/mol. The SMILES string of the molecule is Cc1cccc(C)c1C(=O)NCCN1CCC(O)(c2ccc(Cl)cc2)CC1. The Labute approximate surface area is 166 Å². The standard InChI is InChI=1S/C22H27ClN2O2/c1-16-4-3-5-17(2)20(16)21(26)24-12-15-25-13-10-22(27,11-14-25)18-6-8-19(23)9-7-18/h3-9,27H,10-15H2,1-2H3,(H,24,26). The molecule has 0 aromatic heterocycles. The predicted octanol–water partition coefficient (Wildman–Crippen LogP) is 3.67. The monoisotopic (exact) mass is 386 g/mol. The summed E-state index contributed by atoms with van der Waals surface area (Å²) in [6, 6.07) is 13.4. The molecule has 0 radical (unpaired) electrons. The highest BCUT2D eigenvalue weighted by molar-refractivity contribution is 6.30. The molecule has 0 atom stereocenters. The Bertz CT molecular complexity index is 776. The molecule has 4 nitrogen and oxygen atoms in total. The molecule has 0 aliphatic carbocycles. The maximum absolute atomic E-state index is 12.5. The number of amides is 1. The molecule has 1 fully saturated rings. The third-order valence-corrected chi connectivity index (χ3v) is 5.74. The Balaban J connectivity index is 1.48. The summed E-state index contributed by atoms with van der Waals surface area (Å²) in [5, 5.41) is 14.6. The lowest BCUT2D eigenvalue weighted by Crippen LogP contribution is -2.45. The zero-order valence-corrected chi connectivity index (χ0v) is 16.7. The number of nitrogens with zero attached hydrogens (tertiary/aromatic N) is 1. The first kappa shape index (κ1) is 19.9. The van der Waals surface area contributed by atoms with Crippen LogP contribution in [0.25, 0.3) is 0 Å². The molecular formula is C22H27ClN2O2. The lowest BCUT2D eigenvalue weighted by atomic mass is 9.84. The number of hydrogen-bond donors (Lipinski definition) is 2. The van der Waals surface area contributed by atoms with E-state index in [1.165, 1.54) is 0 Å². The van der Waals surface area contributed by atoms with E-state index in [0.29, 0.717) is 24.4 Å². The van der Waals surface area contributed by atoms with Crippen LogP contribution in [0.3, 0.4) is 0 Å². The van der Waals surface area contributed by atoms with Crippen LogP contribution in [0.2, 0.25) is 5.02 Å². The van der Waals surface area contributed by atoms with Crippen molar-refractivity contribution in [3.63, 3.8) is 0 Å². The molecule has 5 heteroatoms. The number of rotatable bonds is 5. The summed E-state index contributed by atoms with van der Waals surface area (Å²) in [5.41, 5.74) is 2.91. The van der Waals surface area contributed by atoms with Crippen molar-refractivity contribution in [2.24, 2.45) is 0 Å². The Morgan fingerprint density at radius 2 is 1.70 bits per heavy atom. The molecule has 1 amide bonds. The number of halogens is 1. The van der Waals surface area contributed by atoms with E-state index in [9.17, 15) is 9.90 Å². The highest BCUT2D eigenvalue weighted by Gasteiger charge is 2.33. The quantitative estimate of drug-likeness (QED) is 0.824. The van der Waals surface area contributed by atoms with Crippen molar-refractivity contribution in [1.82, 2.24) is 10.2 Å². The lowest BCUT2D eigenvalue weighted by Gasteiger charge is -2.38. The first-order chi connectivity index (χ1) is 12.9. The van der Waals surface area contributed by atoms with Crippen LogP contribution in [0.5, 0.6) is 0 Å². The number of aryl methyl sites for hydroxylation is 2. The summed E-state index contributed by atoms with van der Waals surface area (Å²) >= 11 is 5.94. The van der Waals surface area contributed by atoms with Crippen LogP contribution in [0.1, 0.15) is 39.9 Å². The minimum absolute atomic E-state index is 0.0136. The van der Waals surface area contributed by atoms with Crippen molar-refractivity contribution < 1.29 is 9.90 Å². The average Bonchev–Trinajstić information content (AvgIpc) is 2.64. The van der Waals surface area contributed by atoms with Crippen molar-refractivity contribution in [3.8, 4) is 0 Å². The van der Waals surface area contributed by atoms with Crippen LogP contribution in [-0.2, 0) is 5.60 Å². The van der Waals surface area contributed by atoms with Crippen LogP contribution in [0, 0.1) is 13.8 Å². The van der Waals surface area contributed by atoms with Crippen molar-refractivity contribution in [2.75, 3.05) is 26.2 Å². The van der Waals surface area contributed by atoms with E-state index >= 15 is 0 Å². The number of nitrogens with one attached hydrogen (secondary N) is 1. The minimum atomic E-state index is -0.789. The molecule has 2 aromatic carbocycles. The van der Waals surface area contributed by atoms with Crippen molar-refractivity contribution >= 4 is 17.5 Å². The number of aliphatic hydroxyl groups is 1. The van der Waals surface area contributed by atoms with Crippen molar-refractivity contribution in [2.45, 2.75) is 32.3 Å². The Morgan fingerprint density at radius 1 is 1.11 bits per heavy atom. The zero-order valence-electron chi connectivity index (χ0n) is 16.0. The normalized spacial score (nSPS) is 16.9. The summed E-state index contributed by atoms with van der Waals surface area (Å²) in [7, 11) is 0. The number of likely N-dealkylation sites (tertiary alicyclic amines) is 1. The number of benzene rings is 2. The summed E-state index contributed by atoms with van der Waals surface area (Å²) in [6.45, 7) is 6.92. The molecular weight excluding hydrogens is 360 g/mol. The van der Waals surface area contributed by atoms with Gasteiger partial charge in [0.05, 0.1) is 5.60 Å². The van der Waals surface area contributed by atoms with Gasteiger partial charge in [-0.15, -0.1) is 0 Å². The third-order valence-electron chi connectivity index (χ3n) is 5.49. The maximum atomic E-state index is 12.5. The molecule has 1 saturated heterocycles. The zero-order chi connectivity index (χ0) is 19.4. The number of hydrogen-bond acceptors (Lipinski definition) is 3. The van der Waals surface area contributed by atoms with Gasteiger partial charge in [-0.1, -0.05) is 41.9 Å². The van der Waals surface area contributed by atoms with Crippen molar-refractivity contribution in [1.29, 1.82) is 0 Å². The van der Waals surface area contributed by atoms with Gasteiger partial charge in [-0.3, -0.25) is 4.79 Å². The Hall–Kier alpha value is -1.88. The van der Waals surface area contributed by atoms with Gasteiger partial charge in [0.25, 0.3) is 5.91 Å². The number of piperidine rings is 1. The van der Waals surface area contributed by atoms with E-state index < -0.39 is 5.60 Å². The van der Waals surface area contributed by atoms with E-state index in [-0.39, 0.29) is 5.91 Å².